The molecule has 2 N–H and O–H groups in total. The first-order valence-corrected chi connectivity index (χ1v) is 9.61. The van der Waals surface area contributed by atoms with E-state index in [4.69, 9.17) is 11.6 Å². The van der Waals surface area contributed by atoms with Crippen LogP contribution in [0.5, 0.6) is 0 Å². The number of rotatable bonds is 3. The number of fused-ring (bicyclic) bond motifs is 1. The topological polar surface area (TPSA) is 75.3 Å². The van der Waals surface area contributed by atoms with Crippen molar-refractivity contribution in [1.82, 2.24) is 4.72 Å². The summed E-state index contributed by atoms with van der Waals surface area (Å²) in [7, 11) is -3.93. The number of hydrogen-bond donors (Lipinski definition) is 2. The van der Waals surface area contributed by atoms with Crippen molar-refractivity contribution in [3.63, 3.8) is 0 Å². The van der Waals surface area contributed by atoms with E-state index in [0.29, 0.717) is 10.7 Å². The largest absolute Gasteiger partial charge is 0.333 e. The molecule has 5 nitrogen and oxygen atoms in total. The summed E-state index contributed by atoms with van der Waals surface area (Å²) in [6.45, 7) is 1.79. The Bertz CT molecular complexity index is 996. The van der Waals surface area contributed by atoms with Gasteiger partial charge in [-0.05, 0) is 48.2 Å². The first kappa shape index (κ1) is 16.8. The minimum atomic E-state index is -3.93. The van der Waals surface area contributed by atoms with Crippen molar-refractivity contribution >= 4 is 54.8 Å². The minimum absolute atomic E-state index is 0.0890. The van der Waals surface area contributed by atoms with Crippen molar-refractivity contribution in [2.45, 2.75) is 11.1 Å². The molecule has 0 atom stereocenters. The fraction of sp³-hybridized carbons (Fsp3) is 0.0625. The highest BCUT2D eigenvalue weighted by Crippen LogP contribution is 2.28. The third-order valence-corrected chi connectivity index (χ3v) is 6.66. The highest BCUT2D eigenvalue weighted by atomic mass is 35.5. The summed E-state index contributed by atoms with van der Waals surface area (Å²) >= 11 is 7.03. The Kier molecular flexibility index (Phi) is 4.49. The number of sulfonamides is 1. The van der Waals surface area contributed by atoms with Gasteiger partial charge in [-0.3, -0.25) is 0 Å². The highest BCUT2D eigenvalue weighted by molar-refractivity contribution is 7.92. The van der Waals surface area contributed by atoms with Gasteiger partial charge in [0.25, 0.3) is 10.0 Å². The molecule has 2 aromatic carbocycles. The number of hydrogen-bond acceptors (Lipinski definition) is 4. The number of carbonyl (C=O) groups is 1. The molecule has 124 valence electrons. The SMILES string of the molecule is Cc1cc(NC(=O)NS(=O)(=O)c2cc3ccccc3s2)ccc1Cl. The van der Waals surface area contributed by atoms with Crippen LogP contribution in [0.25, 0.3) is 10.1 Å². The number of amides is 2. The molecule has 8 heteroatoms. The number of urea groups is 1. The predicted octanol–water partition coefficient (Wildman–Crippen LogP) is 4.37. The van der Waals surface area contributed by atoms with E-state index >= 15 is 0 Å². The maximum Gasteiger partial charge on any atom is 0.333 e. The Balaban J connectivity index is 1.78. The van der Waals surface area contributed by atoms with Gasteiger partial charge in [-0.25, -0.2) is 17.9 Å². The Morgan fingerprint density at radius 2 is 1.88 bits per heavy atom. The zero-order chi connectivity index (χ0) is 17.3. The van der Waals surface area contributed by atoms with E-state index in [2.05, 4.69) is 5.32 Å². The second-order valence-corrected chi connectivity index (χ2v) is 8.53. The summed E-state index contributed by atoms with van der Waals surface area (Å²) in [5.74, 6) is 0. The van der Waals surface area contributed by atoms with Gasteiger partial charge >= 0.3 is 6.03 Å². The molecular formula is C16H13ClN2O3S2. The van der Waals surface area contributed by atoms with Crippen LogP contribution < -0.4 is 10.0 Å². The van der Waals surface area contributed by atoms with E-state index in [-0.39, 0.29) is 4.21 Å². The smallest absolute Gasteiger partial charge is 0.307 e. The van der Waals surface area contributed by atoms with Crippen LogP contribution in [0.3, 0.4) is 0 Å². The molecule has 24 heavy (non-hydrogen) atoms. The van der Waals surface area contributed by atoms with Crippen molar-refractivity contribution in [1.29, 1.82) is 0 Å². The molecule has 1 aromatic heterocycles. The minimum Gasteiger partial charge on any atom is -0.307 e. The second-order valence-electron chi connectivity index (χ2n) is 5.13. The van der Waals surface area contributed by atoms with E-state index in [1.807, 2.05) is 29.0 Å². The van der Waals surface area contributed by atoms with Crippen LogP contribution in [0, 0.1) is 6.92 Å². The standard InChI is InChI=1S/C16H13ClN2O3S2/c1-10-8-12(6-7-13(10)17)18-16(20)19-24(21,22)15-9-11-4-2-3-5-14(11)23-15/h2-9H,1H3,(H2,18,19,20). The molecule has 3 rings (SSSR count). The number of halogens is 1. The molecular weight excluding hydrogens is 368 g/mol. The fourth-order valence-electron chi connectivity index (χ4n) is 2.14. The van der Waals surface area contributed by atoms with Gasteiger partial charge in [0.15, 0.2) is 0 Å². The third-order valence-electron chi connectivity index (χ3n) is 3.31. The van der Waals surface area contributed by atoms with Gasteiger partial charge in [0.2, 0.25) is 0 Å². The fourth-order valence-corrected chi connectivity index (χ4v) is 4.56. The number of benzene rings is 2. The van der Waals surface area contributed by atoms with Gasteiger partial charge in [0.1, 0.15) is 4.21 Å². The molecule has 3 aromatic rings. The number of anilines is 1. The normalized spacial score (nSPS) is 11.4. The summed E-state index contributed by atoms with van der Waals surface area (Å²) in [5.41, 5.74) is 1.24. The molecule has 0 saturated heterocycles. The van der Waals surface area contributed by atoms with Crippen LogP contribution in [0.4, 0.5) is 10.5 Å². The Morgan fingerprint density at radius 1 is 1.12 bits per heavy atom. The zero-order valence-electron chi connectivity index (χ0n) is 12.5. The van der Waals surface area contributed by atoms with E-state index in [1.54, 1.807) is 31.2 Å². The average molecular weight is 381 g/mol. The van der Waals surface area contributed by atoms with E-state index < -0.39 is 16.1 Å². The van der Waals surface area contributed by atoms with Gasteiger partial charge < -0.3 is 5.32 Å². The summed E-state index contributed by atoms with van der Waals surface area (Å²) < 4.78 is 27.6. The van der Waals surface area contributed by atoms with Gasteiger partial charge in [-0.15, -0.1) is 11.3 Å². The highest BCUT2D eigenvalue weighted by Gasteiger charge is 2.20. The van der Waals surface area contributed by atoms with E-state index in [0.717, 1.165) is 27.0 Å². The summed E-state index contributed by atoms with van der Waals surface area (Å²) in [6.07, 6.45) is 0. The van der Waals surface area contributed by atoms with Crippen molar-refractivity contribution < 1.29 is 13.2 Å². The quantitative estimate of drug-likeness (QED) is 0.708. The molecule has 0 unspecified atom stereocenters. The lowest BCUT2D eigenvalue weighted by atomic mass is 10.2. The van der Waals surface area contributed by atoms with Gasteiger partial charge in [0, 0.05) is 15.4 Å². The van der Waals surface area contributed by atoms with Crippen LogP contribution in [0.1, 0.15) is 5.56 Å². The molecule has 0 spiro atoms. The van der Waals surface area contributed by atoms with E-state index in [9.17, 15) is 13.2 Å². The Morgan fingerprint density at radius 3 is 2.58 bits per heavy atom. The maximum atomic E-state index is 12.3. The van der Waals surface area contributed by atoms with Gasteiger partial charge in [0.05, 0.1) is 0 Å². The molecule has 1 heterocycles. The summed E-state index contributed by atoms with van der Waals surface area (Å²) in [4.78, 5) is 12.0. The number of carbonyl (C=O) groups excluding carboxylic acids is 1. The van der Waals surface area contributed by atoms with E-state index in [1.165, 1.54) is 0 Å². The molecule has 0 aliphatic rings. The van der Waals surface area contributed by atoms with Crippen LogP contribution in [0.2, 0.25) is 5.02 Å². The van der Waals surface area contributed by atoms with Crippen molar-refractivity contribution in [3.8, 4) is 0 Å². The molecule has 0 saturated carbocycles. The van der Waals surface area contributed by atoms with Crippen LogP contribution in [-0.4, -0.2) is 14.4 Å². The van der Waals surface area contributed by atoms with Gasteiger partial charge in [-0.2, -0.15) is 0 Å². The molecule has 0 bridgehead atoms. The number of thiophene rings is 1. The lowest BCUT2D eigenvalue weighted by molar-refractivity contribution is 0.256. The van der Waals surface area contributed by atoms with Gasteiger partial charge in [-0.1, -0.05) is 29.8 Å². The Hall–Kier alpha value is -2.09. The average Bonchev–Trinajstić information content (AvgIpc) is 2.95. The lowest BCUT2D eigenvalue weighted by Gasteiger charge is -2.08. The summed E-state index contributed by atoms with van der Waals surface area (Å²) in [6, 6.07) is 12.9. The predicted molar refractivity (Wildman–Crippen MR) is 97.4 cm³/mol. The van der Waals surface area contributed by atoms with Crippen molar-refractivity contribution in [2.75, 3.05) is 5.32 Å². The summed E-state index contributed by atoms with van der Waals surface area (Å²) in [5, 5.41) is 3.87. The van der Waals surface area contributed by atoms with Crippen LogP contribution in [-0.2, 0) is 10.0 Å². The first-order chi connectivity index (χ1) is 11.3. The molecule has 0 radical (unpaired) electrons. The molecule has 0 aliphatic carbocycles. The molecule has 0 aliphatic heterocycles. The van der Waals surface area contributed by atoms with Crippen molar-refractivity contribution in [2.24, 2.45) is 0 Å². The van der Waals surface area contributed by atoms with Crippen LogP contribution in [0.15, 0.2) is 52.7 Å². The number of nitrogens with one attached hydrogen (secondary N) is 2. The second kappa shape index (κ2) is 6.43. The van der Waals surface area contributed by atoms with Crippen LogP contribution >= 0.6 is 22.9 Å². The zero-order valence-corrected chi connectivity index (χ0v) is 14.9. The monoisotopic (exact) mass is 380 g/mol. The molecule has 0 fully saturated rings. The third kappa shape index (κ3) is 3.53. The number of aryl methyl sites for hydroxylation is 1. The molecule has 2 amide bonds. The Labute approximate surface area is 148 Å². The van der Waals surface area contributed by atoms with Crippen molar-refractivity contribution in [3.05, 3.63) is 59.1 Å². The first-order valence-electron chi connectivity index (χ1n) is 6.94. The lowest BCUT2D eigenvalue weighted by Crippen LogP contribution is -2.33. The maximum absolute atomic E-state index is 12.3.